The number of nitrogens with one attached hydrogen (secondary N) is 2. The third-order valence-corrected chi connectivity index (χ3v) is 8.81. The first kappa shape index (κ1) is 26.9. The predicted molar refractivity (Wildman–Crippen MR) is 157 cm³/mol. The molecule has 39 heavy (non-hydrogen) atoms. The third kappa shape index (κ3) is 5.71. The standard InChI is InChI=1S/C29H36N6O3S/c1-4-25(37)30-23-17-24(39-28(23)33-14-7-5-8-15-33)27(38)32-29-31-22-13-10-11-19(2)26(22)35(29)21-12-6-9-16-34(18-21)20(3)36/h4,10-11,13,17,21H,1,5-9,12,14-16,18H2,2-3H3,(H,30,37)(H,31,32,38). The number of imidazole rings is 1. The lowest BCUT2D eigenvalue weighted by molar-refractivity contribution is -0.129. The number of hydrogen-bond acceptors (Lipinski definition) is 6. The molecule has 2 aliphatic heterocycles. The second kappa shape index (κ2) is 11.6. The van der Waals surface area contributed by atoms with Gasteiger partial charge in [-0.25, -0.2) is 4.98 Å². The minimum Gasteiger partial charge on any atom is -0.362 e. The zero-order chi connectivity index (χ0) is 27.5. The van der Waals surface area contributed by atoms with Gasteiger partial charge in [0.1, 0.15) is 5.00 Å². The minimum atomic E-state index is -0.307. The Labute approximate surface area is 232 Å². The topological polar surface area (TPSA) is 99.6 Å². The smallest absolute Gasteiger partial charge is 0.268 e. The number of aromatic nitrogens is 2. The zero-order valence-corrected chi connectivity index (χ0v) is 23.5. The first-order valence-corrected chi connectivity index (χ1v) is 14.5. The Morgan fingerprint density at radius 3 is 2.59 bits per heavy atom. The number of carbonyl (C=O) groups is 3. The molecule has 1 atom stereocenters. The minimum absolute atomic E-state index is 0.00696. The quantitative estimate of drug-likeness (QED) is 0.405. The predicted octanol–water partition coefficient (Wildman–Crippen LogP) is 5.35. The summed E-state index contributed by atoms with van der Waals surface area (Å²) in [5.74, 6) is -0.0434. The van der Waals surface area contributed by atoms with Gasteiger partial charge in [0.25, 0.3) is 5.91 Å². The van der Waals surface area contributed by atoms with Crippen LogP contribution in [0.15, 0.2) is 36.9 Å². The number of carbonyl (C=O) groups excluding carboxylic acids is 3. The molecule has 2 aromatic heterocycles. The van der Waals surface area contributed by atoms with Gasteiger partial charge in [0.2, 0.25) is 17.8 Å². The fraction of sp³-hybridized carbons (Fsp3) is 0.448. The van der Waals surface area contributed by atoms with Crippen LogP contribution in [0.1, 0.15) is 66.7 Å². The van der Waals surface area contributed by atoms with Crippen molar-refractivity contribution in [2.75, 3.05) is 41.7 Å². The summed E-state index contributed by atoms with van der Waals surface area (Å²) in [6.45, 7) is 10.3. The van der Waals surface area contributed by atoms with E-state index in [1.165, 1.54) is 23.8 Å². The van der Waals surface area contributed by atoms with Crippen LogP contribution >= 0.6 is 11.3 Å². The first-order chi connectivity index (χ1) is 18.9. The van der Waals surface area contributed by atoms with Crippen molar-refractivity contribution in [1.82, 2.24) is 14.5 Å². The molecular formula is C29H36N6O3S. The van der Waals surface area contributed by atoms with Crippen LogP contribution in [0.5, 0.6) is 0 Å². The normalized spacial score (nSPS) is 18.1. The van der Waals surface area contributed by atoms with Crippen LogP contribution in [-0.4, -0.2) is 58.4 Å². The average molecular weight is 549 g/mol. The molecule has 0 aliphatic carbocycles. The van der Waals surface area contributed by atoms with Gasteiger partial charge in [0, 0.05) is 33.1 Å². The maximum absolute atomic E-state index is 13.7. The van der Waals surface area contributed by atoms with Crippen LogP contribution in [0.2, 0.25) is 0 Å². The number of fused-ring (bicyclic) bond motifs is 1. The monoisotopic (exact) mass is 548 g/mol. The second-order valence-corrected chi connectivity index (χ2v) is 11.4. The molecule has 206 valence electrons. The lowest BCUT2D eigenvalue weighted by Crippen LogP contribution is -2.34. The number of anilines is 3. The van der Waals surface area contributed by atoms with Crippen LogP contribution in [0.25, 0.3) is 11.0 Å². The lowest BCUT2D eigenvalue weighted by Gasteiger charge is -2.28. The van der Waals surface area contributed by atoms with E-state index >= 15 is 0 Å². The molecular weight excluding hydrogens is 512 g/mol. The van der Waals surface area contributed by atoms with E-state index in [2.05, 4.69) is 26.7 Å². The van der Waals surface area contributed by atoms with Gasteiger partial charge in [-0.3, -0.25) is 19.7 Å². The molecule has 1 aromatic carbocycles. The van der Waals surface area contributed by atoms with Crippen molar-refractivity contribution >= 4 is 56.7 Å². The third-order valence-electron chi connectivity index (χ3n) is 7.62. The van der Waals surface area contributed by atoms with Crippen LogP contribution in [0.4, 0.5) is 16.6 Å². The molecule has 0 saturated carbocycles. The number of aryl methyl sites for hydroxylation is 1. The Morgan fingerprint density at radius 2 is 1.85 bits per heavy atom. The Bertz CT molecular complexity index is 1400. The fourth-order valence-corrected chi connectivity index (χ4v) is 6.70. The summed E-state index contributed by atoms with van der Waals surface area (Å²) in [5, 5.41) is 6.86. The van der Waals surface area contributed by atoms with E-state index in [4.69, 9.17) is 4.98 Å². The number of benzene rings is 1. The summed E-state index contributed by atoms with van der Waals surface area (Å²) >= 11 is 1.38. The van der Waals surface area contributed by atoms with Gasteiger partial charge in [-0.15, -0.1) is 11.3 Å². The van der Waals surface area contributed by atoms with Gasteiger partial charge >= 0.3 is 0 Å². The van der Waals surface area contributed by atoms with E-state index in [9.17, 15) is 14.4 Å². The molecule has 3 aromatic rings. The Morgan fingerprint density at radius 1 is 1.08 bits per heavy atom. The Balaban J connectivity index is 1.50. The van der Waals surface area contributed by atoms with Gasteiger partial charge < -0.3 is 19.7 Å². The number of nitrogens with zero attached hydrogens (tertiary/aromatic N) is 4. The number of para-hydroxylation sites is 1. The number of likely N-dealkylation sites (tertiary alicyclic amines) is 1. The summed E-state index contributed by atoms with van der Waals surface area (Å²) in [6.07, 6.45) is 7.41. The number of amides is 3. The molecule has 0 spiro atoms. The molecule has 0 bridgehead atoms. The van der Waals surface area contributed by atoms with E-state index in [1.807, 2.05) is 30.0 Å². The number of hydrogen-bond donors (Lipinski definition) is 2. The summed E-state index contributed by atoms with van der Waals surface area (Å²) in [4.78, 5) is 47.6. The highest BCUT2D eigenvalue weighted by Gasteiger charge is 2.28. The number of rotatable bonds is 6. The number of piperidine rings is 1. The summed E-state index contributed by atoms with van der Waals surface area (Å²) in [5.41, 5.74) is 3.48. The number of thiophene rings is 1. The molecule has 3 amide bonds. The molecule has 2 aliphatic rings. The lowest BCUT2D eigenvalue weighted by atomic mass is 10.1. The van der Waals surface area contributed by atoms with E-state index < -0.39 is 0 Å². The zero-order valence-electron chi connectivity index (χ0n) is 22.7. The second-order valence-electron chi connectivity index (χ2n) is 10.4. The van der Waals surface area contributed by atoms with Crippen LogP contribution in [0.3, 0.4) is 0 Å². The van der Waals surface area contributed by atoms with Crippen molar-refractivity contribution < 1.29 is 14.4 Å². The van der Waals surface area contributed by atoms with Crippen molar-refractivity contribution in [2.45, 2.75) is 58.4 Å². The van der Waals surface area contributed by atoms with E-state index in [-0.39, 0.29) is 23.8 Å². The van der Waals surface area contributed by atoms with Gasteiger partial charge in [-0.05, 0) is 69.2 Å². The molecule has 2 N–H and O–H groups in total. The first-order valence-electron chi connectivity index (χ1n) is 13.7. The maximum atomic E-state index is 13.7. The molecule has 2 saturated heterocycles. The fourth-order valence-electron chi connectivity index (χ4n) is 5.64. The molecule has 0 radical (unpaired) electrons. The Kier molecular flexibility index (Phi) is 8.02. The highest BCUT2D eigenvalue weighted by atomic mass is 32.1. The molecule has 9 nitrogen and oxygen atoms in total. The van der Waals surface area contributed by atoms with Crippen LogP contribution < -0.4 is 15.5 Å². The SMILES string of the molecule is C=CC(=O)Nc1cc(C(=O)Nc2nc3cccc(C)c3n2C2CCCCN(C(C)=O)C2)sc1N1CCCCC1. The van der Waals surface area contributed by atoms with Gasteiger partial charge in [-0.2, -0.15) is 0 Å². The summed E-state index contributed by atoms with van der Waals surface area (Å²) in [7, 11) is 0. The Hall–Kier alpha value is -3.66. The highest BCUT2D eigenvalue weighted by molar-refractivity contribution is 7.18. The van der Waals surface area contributed by atoms with Crippen molar-refractivity contribution in [3.05, 3.63) is 47.4 Å². The van der Waals surface area contributed by atoms with Crippen molar-refractivity contribution in [2.24, 2.45) is 0 Å². The molecule has 4 heterocycles. The van der Waals surface area contributed by atoms with E-state index in [0.29, 0.717) is 23.1 Å². The van der Waals surface area contributed by atoms with Crippen LogP contribution in [-0.2, 0) is 9.59 Å². The van der Waals surface area contributed by atoms with Crippen molar-refractivity contribution in [3.63, 3.8) is 0 Å². The average Bonchev–Trinajstić information content (AvgIpc) is 3.42. The molecule has 1 unspecified atom stereocenters. The highest BCUT2D eigenvalue weighted by Crippen LogP contribution is 2.38. The van der Waals surface area contributed by atoms with Gasteiger partial charge in [0.15, 0.2) is 0 Å². The molecule has 10 heteroatoms. The molecule has 2 fully saturated rings. The van der Waals surface area contributed by atoms with Gasteiger partial charge in [0.05, 0.1) is 27.6 Å². The maximum Gasteiger partial charge on any atom is 0.268 e. The summed E-state index contributed by atoms with van der Waals surface area (Å²) < 4.78 is 2.11. The van der Waals surface area contributed by atoms with Crippen LogP contribution in [0, 0.1) is 6.92 Å². The molecule has 5 rings (SSSR count). The summed E-state index contributed by atoms with van der Waals surface area (Å²) in [6, 6.07) is 7.70. The van der Waals surface area contributed by atoms with Crippen molar-refractivity contribution in [3.8, 4) is 0 Å². The van der Waals surface area contributed by atoms with E-state index in [0.717, 1.165) is 73.3 Å². The van der Waals surface area contributed by atoms with Crippen molar-refractivity contribution in [1.29, 1.82) is 0 Å². The largest absolute Gasteiger partial charge is 0.362 e. The van der Waals surface area contributed by atoms with E-state index in [1.54, 1.807) is 13.0 Å². The van der Waals surface area contributed by atoms with Gasteiger partial charge in [-0.1, -0.05) is 18.7 Å².